The van der Waals surface area contributed by atoms with Crippen LogP contribution < -0.4 is 5.73 Å². The number of nitrogens with zero attached hydrogens (tertiary/aromatic N) is 2. The molecule has 0 bridgehead atoms. The molecule has 1 atom stereocenters. The van der Waals surface area contributed by atoms with Crippen molar-refractivity contribution in [1.29, 1.82) is 0 Å². The lowest BCUT2D eigenvalue weighted by Crippen LogP contribution is -2.41. The number of amides is 1. The van der Waals surface area contributed by atoms with Crippen molar-refractivity contribution in [3.05, 3.63) is 35.4 Å². The number of rotatable bonds is 2. The van der Waals surface area contributed by atoms with Crippen LogP contribution in [0.4, 0.5) is 0 Å². The molecule has 5 nitrogen and oxygen atoms in total. The number of thioether (sulfide) groups is 1. The molecule has 1 aromatic carbocycles. The van der Waals surface area contributed by atoms with Crippen LogP contribution in [0.3, 0.4) is 0 Å². The fraction of sp³-hybridized carbons (Fsp3) is 0.385. The summed E-state index contributed by atoms with van der Waals surface area (Å²) in [6.45, 7) is 3.65. The molecule has 0 spiro atoms. The first-order chi connectivity index (χ1) is 9.11. The molecule has 2 rings (SSSR count). The fourth-order valence-electron chi connectivity index (χ4n) is 2.05. The van der Waals surface area contributed by atoms with Gasteiger partial charge in [-0.25, -0.2) is 0 Å². The number of amidine groups is 1. The predicted octanol–water partition coefficient (Wildman–Crippen LogP) is 1.36. The Kier molecular flexibility index (Phi) is 4.31. The number of hydrogen-bond donors (Lipinski definition) is 2. The molecule has 1 amide bonds. The Morgan fingerprint density at radius 3 is 2.95 bits per heavy atom. The number of carbonyl (C=O) groups is 1. The number of oxime groups is 1. The number of carbonyl (C=O) groups excluding carboxylic acids is 1. The van der Waals surface area contributed by atoms with E-state index in [1.54, 1.807) is 24.3 Å². The second-order valence-electron chi connectivity index (χ2n) is 4.50. The van der Waals surface area contributed by atoms with Gasteiger partial charge in [-0.15, -0.1) is 0 Å². The Bertz CT molecular complexity index is 504. The van der Waals surface area contributed by atoms with Crippen LogP contribution >= 0.6 is 11.8 Å². The summed E-state index contributed by atoms with van der Waals surface area (Å²) in [4.78, 5) is 14.2. The zero-order valence-electron chi connectivity index (χ0n) is 10.7. The highest BCUT2D eigenvalue weighted by molar-refractivity contribution is 7.99. The second-order valence-corrected chi connectivity index (χ2v) is 6.04. The van der Waals surface area contributed by atoms with Gasteiger partial charge in [-0.3, -0.25) is 4.79 Å². The van der Waals surface area contributed by atoms with E-state index in [0.29, 0.717) is 16.4 Å². The standard InChI is InChI=1S/C13H17N3O2S/c1-9-8-16(5-6-19-9)13(17)11-4-2-3-10(7-11)12(14)15-18/h2-4,7,9,18H,5-6,8H2,1H3,(H2,14,15). The van der Waals surface area contributed by atoms with E-state index in [0.717, 1.165) is 18.8 Å². The summed E-state index contributed by atoms with van der Waals surface area (Å²) in [5.41, 5.74) is 6.66. The zero-order valence-corrected chi connectivity index (χ0v) is 11.6. The van der Waals surface area contributed by atoms with Crippen LogP contribution in [0.1, 0.15) is 22.8 Å². The van der Waals surface area contributed by atoms with E-state index in [2.05, 4.69) is 12.1 Å². The molecule has 1 saturated heterocycles. The van der Waals surface area contributed by atoms with Crippen molar-refractivity contribution in [2.75, 3.05) is 18.8 Å². The molecule has 0 radical (unpaired) electrons. The molecule has 1 fully saturated rings. The van der Waals surface area contributed by atoms with Gasteiger partial charge in [-0.1, -0.05) is 24.2 Å². The normalized spacial score (nSPS) is 20.4. The maximum Gasteiger partial charge on any atom is 0.253 e. The van der Waals surface area contributed by atoms with Crippen LogP contribution in [0, 0.1) is 0 Å². The molecule has 1 aromatic rings. The summed E-state index contributed by atoms with van der Waals surface area (Å²) in [7, 11) is 0. The van der Waals surface area contributed by atoms with Gasteiger partial charge in [-0.2, -0.15) is 11.8 Å². The third-order valence-corrected chi connectivity index (χ3v) is 4.18. The molecule has 0 saturated carbocycles. The van der Waals surface area contributed by atoms with E-state index in [1.807, 2.05) is 16.7 Å². The molecule has 1 heterocycles. The van der Waals surface area contributed by atoms with Gasteiger partial charge in [0.1, 0.15) is 0 Å². The van der Waals surface area contributed by atoms with Gasteiger partial charge in [0, 0.05) is 35.2 Å². The quantitative estimate of drug-likeness (QED) is 0.371. The average molecular weight is 279 g/mol. The Hall–Kier alpha value is -1.69. The largest absolute Gasteiger partial charge is 0.409 e. The zero-order chi connectivity index (χ0) is 13.8. The van der Waals surface area contributed by atoms with E-state index in [-0.39, 0.29) is 11.7 Å². The molecule has 1 aliphatic rings. The van der Waals surface area contributed by atoms with Crippen molar-refractivity contribution in [3.8, 4) is 0 Å². The van der Waals surface area contributed by atoms with Gasteiger partial charge in [0.25, 0.3) is 5.91 Å². The summed E-state index contributed by atoms with van der Waals surface area (Å²) in [5.74, 6) is 0.976. The summed E-state index contributed by atoms with van der Waals surface area (Å²) >= 11 is 1.88. The first-order valence-corrected chi connectivity index (χ1v) is 7.15. The molecule has 0 aliphatic carbocycles. The van der Waals surface area contributed by atoms with Crippen molar-refractivity contribution in [2.45, 2.75) is 12.2 Å². The number of benzene rings is 1. The van der Waals surface area contributed by atoms with Crippen molar-refractivity contribution in [2.24, 2.45) is 10.9 Å². The van der Waals surface area contributed by atoms with E-state index in [9.17, 15) is 4.79 Å². The minimum atomic E-state index is -0.000241. The van der Waals surface area contributed by atoms with E-state index >= 15 is 0 Å². The smallest absolute Gasteiger partial charge is 0.253 e. The Morgan fingerprint density at radius 1 is 1.53 bits per heavy atom. The van der Waals surface area contributed by atoms with Crippen molar-refractivity contribution in [3.63, 3.8) is 0 Å². The van der Waals surface area contributed by atoms with E-state index in [1.165, 1.54) is 0 Å². The van der Waals surface area contributed by atoms with Crippen LogP contribution in [0.15, 0.2) is 29.4 Å². The highest BCUT2D eigenvalue weighted by Crippen LogP contribution is 2.19. The van der Waals surface area contributed by atoms with Crippen molar-refractivity contribution in [1.82, 2.24) is 4.90 Å². The Morgan fingerprint density at radius 2 is 2.26 bits per heavy atom. The lowest BCUT2D eigenvalue weighted by molar-refractivity contribution is 0.0763. The minimum absolute atomic E-state index is 0.000241. The van der Waals surface area contributed by atoms with E-state index in [4.69, 9.17) is 10.9 Å². The molecule has 1 aliphatic heterocycles. The third kappa shape index (κ3) is 3.20. The predicted molar refractivity (Wildman–Crippen MR) is 76.8 cm³/mol. The van der Waals surface area contributed by atoms with Gasteiger partial charge in [0.2, 0.25) is 0 Å². The fourth-order valence-corrected chi connectivity index (χ4v) is 3.07. The third-order valence-electron chi connectivity index (χ3n) is 3.04. The maximum absolute atomic E-state index is 12.4. The first-order valence-electron chi connectivity index (χ1n) is 6.10. The number of hydrogen-bond acceptors (Lipinski definition) is 4. The van der Waals surface area contributed by atoms with Gasteiger partial charge in [0.05, 0.1) is 0 Å². The molecule has 3 N–H and O–H groups in total. The summed E-state index contributed by atoms with van der Waals surface area (Å²) in [6.07, 6.45) is 0. The second kappa shape index (κ2) is 5.97. The van der Waals surface area contributed by atoms with Gasteiger partial charge in [0.15, 0.2) is 5.84 Å². The first kappa shape index (κ1) is 13.7. The highest BCUT2D eigenvalue weighted by atomic mass is 32.2. The van der Waals surface area contributed by atoms with Crippen LogP contribution in [-0.2, 0) is 0 Å². The van der Waals surface area contributed by atoms with Gasteiger partial charge in [-0.05, 0) is 12.1 Å². The van der Waals surface area contributed by atoms with Crippen molar-refractivity contribution < 1.29 is 10.0 Å². The van der Waals surface area contributed by atoms with Crippen LogP contribution in [0.5, 0.6) is 0 Å². The molecular weight excluding hydrogens is 262 g/mol. The van der Waals surface area contributed by atoms with Gasteiger partial charge < -0.3 is 15.8 Å². The molecule has 19 heavy (non-hydrogen) atoms. The average Bonchev–Trinajstić information content (AvgIpc) is 2.45. The summed E-state index contributed by atoms with van der Waals surface area (Å²) < 4.78 is 0. The Labute approximate surface area is 116 Å². The lowest BCUT2D eigenvalue weighted by atomic mass is 10.1. The Balaban J connectivity index is 2.19. The molecule has 0 aromatic heterocycles. The highest BCUT2D eigenvalue weighted by Gasteiger charge is 2.22. The molecule has 6 heteroatoms. The maximum atomic E-state index is 12.4. The molecule has 102 valence electrons. The van der Waals surface area contributed by atoms with Crippen LogP contribution in [-0.4, -0.2) is 45.9 Å². The van der Waals surface area contributed by atoms with E-state index < -0.39 is 0 Å². The monoisotopic (exact) mass is 279 g/mol. The SMILES string of the molecule is CC1CN(C(=O)c2cccc(/C(N)=N/O)c2)CCS1. The minimum Gasteiger partial charge on any atom is -0.409 e. The number of nitrogens with two attached hydrogens (primary N) is 1. The topological polar surface area (TPSA) is 78.9 Å². The molecule has 1 unspecified atom stereocenters. The summed E-state index contributed by atoms with van der Waals surface area (Å²) in [5, 5.41) is 12.1. The van der Waals surface area contributed by atoms with Crippen LogP contribution in [0.25, 0.3) is 0 Å². The van der Waals surface area contributed by atoms with Crippen molar-refractivity contribution >= 4 is 23.5 Å². The van der Waals surface area contributed by atoms with Crippen LogP contribution in [0.2, 0.25) is 0 Å². The summed E-state index contributed by atoms with van der Waals surface area (Å²) in [6, 6.07) is 6.86. The van der Waals surface area contributed by atoms with Gasteiger partial charge >= 0.3 is 0 Å². The lowest BCUT2D eigenvalue weighted by Gasteiger charge is -2.30. The molecular formula is C13H17N3O2S.